The van der Waals surface area contributed by atoms with Crippen molar-refractivity contribution in [3.8, 4) is 0 Å². The molecule has 3 heterocycles. The number of anilines is 1. The minimum Gasteiger partial charge on any atom is -0.370 e. The molecule has 164 valence electrons. The average molecular weight is 447 g/mol. The Morgan fingerprint density at radius 3 is 2.47 bits per heavy atom. The van der Waals surface area contributed by atoms with Crippen molar-refractivity contribution in [2.75, 3.05) is 37.6 Å². The summed E-state index contributed by atoms with van der Waals surface area (Å²) in [4.78, 5) is 21.7. The fourth-order valence-electron chi connectivity index (χ4n) is 5.12. The first-order valence-corrected chi connectivity index (χ1v) is 11.4. The molecule has 5 rings (SSSR count). The second-order valence-corrected chi connectivity index (χ2v) is 9.37. The van der Waals surface area contributed by atoms with Gasteiger partial charge in [0, 0.05) is 68.3 Å². The van der Waals surface area contributed by atoms with Crippen LogP contribution >= 0.6 is 11.6 Å². The van der Waals surface area contributed by atoms with E-state index < -0.39 is 0 Å². The Morgan fingerprint density at radius 1 is 1.03 bits per heavy atom. The van der Waals surface area contributed by atoms with E-state index in [-0.39, 0.29) is 11.3 Å². The molecule has 6 heteroatoms. The maximum absolute atomic E-state index is 12.7. The van der Waals surface area contributed by atoms with Gasteiger partial charge in [0.05, 0.1) is 5.02 Å². The van der Waals surface area contributed by atoms with Gasteiger partial charge < -0.3 is 10.2 Å². The summed E-state index contributed by atoms with van der Waals surface area (Å²) < 4.78 is 0. The molecule has 1 amide bonds. The van der Waals surface area contributed by atoms with Crippen LogP contribution in [0.4, 0.5) is 5.69 Å². The number of rotatable bonds is 6. The number of nitrogens with one attached hydrogen (secondary N) is 1. The number of pyridine rings is 1. The van der Waals surface area contributed by atoms with E-state index in [1.165, 1.54) is 5.69 Å². The van der Waals surface area contributed by atoms with Crippen molar-refractivity contribution in [1.82, 2.24) is 15.2 Å². The van der Waals surface area contributed by atoms with Crippen molar-refractivity contribution in [3.05, 3.63) is 95.3 Å². The second-order valence-electron chi connectivity index (χ2n) is 8.96. The molecule has 2 saturated heterocycles. The molecule has 2 fully saturated rings. The maximum Gasteiger partial charge on any atom is 0.251 e. The van der Waals surface area contributed by atoms with Gasteiger partial charge in [-0.15, -0.1) is 0 Å². The van der Waals surface area contributed by atoms with Crippen molar-refractivity contribution >= 4 is 23.2 Å². The third-order valence-corrected chi connectivity index (χ3v) is 7.15. The number of aromatic nitrogens is 1. The van der Waals surface area contributed by atoms with E-state index in [1.54, 1.807) is 12.4 Å². The first-order valence-electron chi connectivity index (χ1n) is 11.1. The SMILES string of the molecule is O=C(NCC1CN(Cc2ccncc2Cl)CC12CN(c1ccccc1)C2)c1ccccc1. The van der Waals surface area contributed by atoms with Gasteiger partial charge >= 0.3 is 0 Å². The number of benzene rings is 2. The number of carbonyl (C=O) groups excluding carboxylic acids is 1. The predicted molar refractivity (Wildman–Crippen MR) is 128 cm³/mol. The van der Waals surface area contributed by atoms with E-state index in [0.717, 1.165) is 38.3 Å². The zero-order valence-corrected chi connectivity index (χ0v) is 18.7. The van der Waals surface area contributed by atoms with E-state index in [2.05, 4.69) is 50.4 Å². The van der Waals surface area contributed by atoms with Gasteiger partial charge in [0.25, 0.3) is 5.91 Å². The van der Waals surface area contributed by atoms with Crippen molar-refractivity contribution < 1.29 is 4.79 Å². The molecular weight excluding hydrogens is 420 g/mol. The van der Waals surface area contributed by atoms with Gasteiger partial charge in [-0.25, -0.2) is 0 Å². The minimum absolute atomic E-state index is 0.00406. The van der Waals surface area contributed by atoms with Crippen LogP contribution in [-0.4, -0.2) is 48.5 Å². The Balaban J connectivity index is 1.30. The molecule has 0 radical (unpaired) electrons. The summed E-state index contributed by atoms with van der Waals surface area (Å²) in [5, 5.41) is 3.90. The molecule has 2 aliphatic heterocycles. The highest BCUT2D eigenvalue weighted by Crippen LogP contribution is 2.46. The zero-order chi connectivity index (χ0) is 22.0. The van der Waals surface area contributed by atoms with Gasteiger partial charge in [-0.05, 0) is 41.8 Å². The average Bonchev–Trinajstić information content (AvgIpc) is 3.17. The van der Waals surface area contributed by atoms with Crippen LogP contribution in [0.15, 0.2) is 79.1 Å². The molecule has 1 aromatic heterocycles. The van der Waals surface area contributed by atoms with Gasteiger partial charge in [-0.2, -0.15) is 0 Å². The van der Waals surface area contributed by atoms with Crippen LogP contribution in [0.25, 0.3) is 0 Å². The lowest BCUT2D eigenvalue weighted by Gasteiger charge is -2.52. The van der Waals surface area contributed by atoms with E-state index in [9.17, 15) is 4.79 Å². The third-order valence-electron chi connectivity index (χ3n) is 6.81. The number of carbonyl (C=O) groups is 1. The Bertz CT molecular complexity index is 1070. The van der Waals surface area contributed by atoms with Crippen molar-refractivity contribution in [1.29, 1.82) is 0 Å². The fraction of sp³-hybridized carbons (Fsp3) is 0.308. The molecule has 1 unspecified atom stereocenters. The Kier molecular flexibility index (Phi) is 5.85. The quantitative estimate of drug-likeness (QED) is 0.619. The number of hydrogen-bond acceptors (Lipinski definition) is 4. The Labute approximate surface area is 194 Å². The molecule has 32 heavy (non-hydrogen) atoms. The van der Waals surface area contributed by atoms with Crippen LogP contribution in [0.2, 0.25) is 5.02 Å². The van der Waals surface area contributed by atoms with Crippen LogP contribution in [0.5, 0.6) is 0 Å². The first-order chi connectivity index (χ1) is 15.6. The highest BCUT2D eigenvalue weighted by Gasteiger charge is 2.53. The van der Waals surface area contributed by atoms with Gasteiger partial charge in [0.2, 0.25) is 0 Å². The van der Waals surface area contributed by atoms with E-state index in [1.807, 2.05) is 36.4 Å². The van der Waals surface area contributed by atoms with Crippen LogP contribution in [0.3, 0.4) is 0 Å². The maximum atomic E-state index is 12.7. The lowest BCUT2D eigenvalue weighted by molar-refractivity contribution is 0.0923. The minimum atomic E-state index is -0.00406. The molecule has 0 aliphatic carbocycles. The molecule has 0 saturated carbocycles. The van der Waals surface area contributed by atoms with E-state index in [0.29, 0.717) is 23.0 Å². The number of amides is 1. The summed E-state index contributed by atoms with van der Waals surface area (Å²) in [6, 6.07) is 22.0. The largest absolute Gasteiger partial charge is 0.370 e. The molecule has 1 spiro atoms. The summed E-state index contributed by atoms with van der Waals surface area (Å²) in [5.74, 6) is 0.381. The van der Waals surface area contributed by atoms with Gasteiger partial charge in [-0.1, -0.05) is 48.0 Å². The van der Waals surface area contributed by atoms with Crippen molar-refractivity contribution in [3.63, 3.8) is 0 Å². The predicted octanol–water partition coefficient (Wildman–Crippen LogP) is 4.10. The fourth-order valence-corrected chi connectivity index (χ4v) is 5.30. The number of likely N-dealkylation sites (tertiary alicyclic amines) is 1. The number of hydrogen-bond donors (Lipinski definition) is 1. The monoisotopic (exact) mass is 446 g/mol. The third kappa shape index (κ3) is 4.23. The van der Waals surface area contributed by atoms with E-state index >= 15 is 0 Å². The number of halogens is 1. The number of para-hydroxylation sites is 1. The molecule has 2 aromatic carbocycles. The number of nitrogens with zero attached hydrogens (tertiary/aromatic N) is 3. The molecular formula is C26H27ClN4O. The summed E-state index contributed by atoms with van der Waals surface area (Å²) in [7, 11) is 0. The highest BCUT2D eigenvalue weighted by molar-refractivity contribution is 6.31. The smallest absolute Gasteiger partial charge is 0.251 e. The lowest BCUT2D eigenvalue weighted by Crippen LogP contribution is -2.62. The zero-order valence-electron chi connectivity index (χ0n) is 18.0. The van der Waals surface area contributed by atoms with Crippen molar-refractivity contribution in [2.45, 2.75) is 6.54 Å². The van der Waals surface area contributed by atoms with Crippen molar-refractivity contribution in [2.24, 2.45) is 11.3 Å². The lowest BCUT2D eigenvalue weighted by atomic mass is 9.71. The standard InChI is InChI=1S/C26H27ClN4O/c27-24-14-28-12-11-21(24)15-30-16-22(13-29-25(32)20-7-3-1-4-8-20)26(17-30)18-31(19-26)23-9-5-2-6-10-23/h1-12,14,22H,13,15-19H2,(H,29,32). The van der Waals surface area contributed by atoms with Crippen LogP contribution < -0.4 is 10.2 Å². The molecule has 0 bridgehead atoms. The Hall–Kier alpha value is -2.89. The highest BCUT2D eigenvalue weighted by atomic mass is 35.5. The molecule has 5 nitrogen and oxygen atoms in total. The van der Waals surface area contributed by atoms with Gasteiger partial charge in [-0.3, -0.25) is 14.7 Å². The second kappa shape index (κ2) is 8.93. The molecule has 1 atom stereocenters. The summed E-state index contributed by atoms with van der Waals surface area (Å²) in [5.41, 5.74) is 3.24. The van der Waals surface area contributed by atoms with E-state index in [4.69, 9.17) is 11.6 Å². The van der Waals surface area contributed by atoms with Gasteiger partial charge in [0.15, 0.2) is 0 Å². The molecule has 1 N–H and O–H groups in total. The van der Waals surface area contributed by atoms with Crippen LogP contribution in [0, 0.1) is 11.3 Å². The normalized spacial score (nSPS) is 19.7. The summed E-state index contributed by atoms with van der Waals surface area (Å²) in [6.45, 7) is 5.43. The van der Waals surface area contributed by atoms with Crippen LogP contribution in [-0.2, 0) is 6.54 Å². The molecule has 2 aliphatic rings. The molecule has 3 aromatic rings. The van der Waals surface area contributed by atoms with Gasteiger partial charge in [0.1, 0.15) is 0 Å². The summed E-state index contributed by atoms with van der Waals surface area (Å²) in [6.07, 6.45) is 3.51. The Morgan fingerprint density at radius 2 is 1.75 bits per heavy atom. The topological polar surface area (TPSA) is 48.5 Å². The summed E-state index contributed by atoms with van der Waals surface area (Å²) >= 11 is 6.38. The first kappa shape index (κ1) is 21.0. The van der Waals surface area contributed by atoms with Crippen LogP contribution in [0.1, 0.15) is 15.9 Å².